The van der Waals surface area contributed by atoms with Gasteiger partial charge in [-0.15, -0.1) is 0 Å². The molecule has 0 aromatic heterocycles. The first-order valence-electron chi connectivity index (χ1n) is 10.9. The van der Waals surface area contributed by atoms with Gasteiger partial charge in [-0.05, 0) is 58.0 Å². The number of phenols is 1. The number of nitrogens with zero attached hydrogens (tertiary/aromatic N) is 1. The number of benzene rings is 1. The Morgan fingerprint density at radius 1 is 1.31 bits per heavy atom. The number of phenolic OH excluding ortho intramolecular Hbond substituents is 1. The molecule has 4 aliphatic rings. The summed E-state index contributed by atoms with van der Waals surface area (Å²) in [6.45, 7) is 3.61. The van der Waals surface area contributed by atoms with Crippen LogP contribution in [0.3, 0.4) is 0 Å². The zero-order chi connectivity index (χ0) is 23.0. The fourth-order valence-corrected chi connectivity index (χ4v) is 5.97. The first-order chi connectivity index (χ1) is 15.1. The predicted octanol–water partition coefficient (Wildman–Crippen LogP) is 0.492. The average molecular weight is 444 g/mol. The van der Waals surface area contributed by atoms with Crippen LogP contribution in [0.15, 0.2) is 24.0 Å². The van der Waals surface area contributed by atoms with E-state index in [9.17, 15) is 19.8 Å². The maximum atomic E-state index is 12.7. The Labute approximate surface area is 185 Å². The second-order valence-corrected chi connectivity index (χ2v) is 9.39. The average Bonchev–Trinajstić information content (AvgIpc) is 3.10. The molecule has 1 fully saturated rings. The van der Waals surface area contributed by atoms with Gasteiger partial charge >= 0.3 is 11.9 Å². The summed E-state index contributed by atoms with van der Waals surface area (Å²) in [5, 5.41) is 22.6. The molecule has 1 saturated heterocycles. The van der Waals surface area contributed by atoms with Crippen molar-refractivity contribution in [3.8, 4) is 11.5 Å². The highest BCUT2D eigenvalue weighted by atomic mass is 16.6. The fraction of sp³-hybridized carbons (Fsp3) is 0.565. The number of esters is 2. The van der Waals surface area contributed by atoms with E-state index in [2.05, 4.69) is 4.90 Å². The van der Waals surface area contributed by atoms with Gasteiger partial charge in [0.25, 0.3) is 0 Å². The number of nitrogens with two attached hydrogens (primary N) is 1. The van der Waals surface area contributed by atoms with Crippen LogP contribution in [-0.2, 0) is 30.9 Å². The van der Waals surface area contributed by atoms with Gasteiger partial charge in [0.2, 0.25) is 0 Å². The number of likely N-dealkylation sites (N-methyl/N-ethyl adjacent to an activating group) is 1. The van der Waals surface area contributed by atoms with Crippen LogP contribution in [0.25, 0.3) is 0 Å². The molecule has 0 unspecified atom stereocenters. The molecule has 2 bridgehead atoms. The van der Waals surface area contributed by atoms with Gasteiger partial charge in [0.15, 0.2) is 23.7 Å². The van der Waals surface area contributed by atoms with Crippen molar-refractivity contribution < 1.29 is 34.0 Å². The molecule has 6 atom stereocenters. The van der Waals surface area contributed by atoms with Gasteiger partial charge < -0.3 is 35.1 Å². The number of rotatable bonds is 4. The lowest BCUT2D eigenvalue weighted by Gasteiger charge is -2.61. The number of carbonyl (C=O) groups is 2. The minimum atomic E-state index is -1.16. The van der Waals surface area contributed by atoms with Crippen molar-refractivity contribution in [1.82, 2.24) is 4.90 Å². The van der Waals surface area contributed by atoms with E-state index in [1.807, 2.05) is 13.1 Å². The molecule has 1 spiro atoms. The van der Waals surface area contributed by atoms with Crippen molar-refractivity contribution in [3.05, 3.63) is 35.1 Å². The quantitative estimate of drug-likeness (QED) is 0.568. The number of likely N-dealkylation sites (tertiary alicyclic amines) is 1. The van der Waals surface area contributed by atoms with Gasteiger partial charge in [-0.3, -0.25) is 4.79 Å². The normalized spacial score (nSPS) is 34.0. The Morgan fingerprint density at radius 2 is 2.06 bits per heavy atom. The zero-order valence-corrected chi connectivity index (χ0v) is 18.3. The van der Waals surface area contributed by atoms with Gasteiger partial charge in [0.1, 0.15) is 11.8 Å². The molecular formula is C23H28N2O7. The summed E-state index contributed by atoms with van der Waals surface area (Å²) in [7, 11) is 2.00. The van der Waals surface area contributed by atoms with Crippen molar-refractivity contribution in [2.24, 2.45) is 5.73 Å². The van der Waals surface area contributed by atoms with E-state index >= 15 is 0 Å². The molecule has 0 amide bonds. The van der Waals surface area contributed by atoms with E-state index in [0.717, 1.165) is 17.7 Å². The van der Waals surface area contributed by atoms with Gasteiger partial charge in [-0.1, -0.05) is 6.07 Å². The number of piperidine rings is 1. The monoisotopic (exact) mass is 444 g/mol. The van der Waals surface area contributed by atoms with E-state index in [0.29, 0.717) is 18.6 Å². The number of hydrogen-bond donors (Lipinski definition) is 3. The third-order valence-corrected chi connectivity index (χ3v) is 7.57. The Morgan fingerprint density at radius 3 is 2.78 bits per heavy atom. The number of hydrogen-bond acceptors (Lipinski definition) is 9. The van der Waals surface area contributed by atoms with Crippen molar-refractivity contribution in [2.45, 2.75) is 68.4 Å². The van der Waals surface area contributed by atoms with E-state index < -0.39 is 41.2 Å². The first kappa shape index (κ1) is 21.2. The summed E-state index contributed by atoms with van der Waals surface area (Å²) in [6.07, 6.45) is 1.24. The molecule has 2 aliphatic carbocycles. The molecular weight excluding hydrogens is 416 g/mol. The lowest BCUT2D eigenvalue weighted by Crippen LogP contribution is -2.74. The maximum Gasteiger partial charge on any atom is 0.352 e. The number of carbonyl (C=O) groups excluding carboxylic acids is 2. The van der Waals surface area contributed by atoms with Crippen molar-refractivity contribution in [3.63, 3.8) is 0 Å². The molecule has 5 rings (SSSR count). The topological polar surface area (TPSA) is 132 Å². The van der Waals surface area contributed by atoms with Gasteiger partial charge in [0, 0.05) is 18.0 Å². The summed E-state index contributed by atoms with van der Waals surface area (Å²) in [5.41, 5.74) is 5.35. The van der Waals surface area contributed by atoms with Gasteiger partial charge in [-0.2, -0.15) is 0 Å². The van der Waals surface area contributed by atoms with Gasteiger partial charge in [0.05, 0.1) is 11.0 Å². The fourth-order valence-electron chi connectivity index (χ4n) is 5.97. The second-order valence-electron chi connectivity index (χ2n) is 9.39. The Hall–Kier alpha value is -2.62. The molecule has 2 aliphatic heterocycles. The summed E-state index contributed by atoms with van der Waals surface area (Å²) < 4.78 is 17.0. The predicted molar refractivity (Wildman–Crippen MR) is 112 cm³/mol. The molecule has 4 N–H and O–H groups in total. The minimum absolute atomic E-state index is 0.00263. The summed E-state index contributed by atoms with van der Waals surface area (Å²) >= 11 is 0. The summed E-state index contributed by atoms with van der Waals surface area (Å²) in [5.74, 6) is -0.859. The van der Waals surface area contributed by atoms with Crippen LogP contribution in [0, 0.1) is 0 Å². The van der Waals surface area contributed by atoms with Crippen LogP contribution in [0.1, 0.15) is 37.8 Å². The molecule has 1 aromatic carbocycles. The smallest absolute Gasteiger partial charge is 0.352 e. The Bertz CT molecular complexity index is 1040. The highest BCUT2D eigenvalue weighted by molar-refractivity contribution is 5.82. The van der Waals surface area contributed by atoms with E-state index in [1.165, 1.54) is 13.8 Å². The zero-order valence-electron chi connectivity index (χ0n) is 18.3. The van der Waals surface area contributed by atoms with Crippen molar-refractivity contribution in [1.29, 1.82) is 0 Å². The van der Waals surface area contributed by atoms with Crippen LogP contribution in [0.2, 0.25) is 0 Å². The van der Waals surface area contributed by atoms with Crippen molar-refractivity contribution >= 4 is 11.9 Å². The highest BCUT2D eigenvalue weighted by Crippen LogP contribution is 2.65. The van der Waals surface area contributed by atoms with Crippen LogP contribution >= 0.6 is 0 Å². The SMILES string of the molecule is C[C@H](N)C(=O)O[C@@H](C)C(=O)OC1=CC[C@@]2(O)[C@H]3Cc4ccc(O)c5c4[C@@]2(CCN3C)[C@H]1O5. The first-order valence-corrected chi connectivity index (χ1v) is 10.9. The molecule has 172 valence electrons. The molecule has 32 heavy (non-hydrogen) atoms. The largest absolute Gasteiger partial charge is 0.504 e. The highest BCUT2D eigenvalue weighted by Gasteiger charge is 2.72. The summed E-state index contributed by atoms with van der Waals surface area (Å²) in [6, 6.07) is 2.49. The van der Waals surface area contributed by atoms with Crippen LogP contribution in [0.4, 0.5) is 0 Å². The second kappa shape index (κ2) is 6.94. The minimum Gasteiger partial charge on any atom is -0.504 e. The molecule has 2 heterocycles. The van der Waals surface area contributed by atoms with Crippen molar-refractivity contribution in [2.75, 3.05) is 13.6 Å². The van der Waals surface area contributed by atoms with E-state index in [4.69, 9.17) is 19.9 Å². The Balaban J connectivity index is 1.53. The summed E-state index contributed by atoms with van der Waals surface area (Å²) in [4.78, 5) is 26.6. The van der Waals surface area contributed by atoms with Gasteiger partial charge in [-0.25, -0.2) is 4.79 Å². The third-order valence-electron chi connectivity index (χ3n) is 7.57. The van der Waals surface area contributed by atoms with E-state index in [1.54, 1.807) is 12.1 Å². The standard InChI is InChI=1S/C23H28N2O7/c1-11(24)20(27)30-12(2)21(28)31-15-6-7-23(29)16-10-13-4-5-14(26)18-17(13)22(23,19(15)32-18)8-9-25(16)3/h4-6,11-12,16,19,26,29H,7-10,24H2,1-3H3/t11-,12-,16+,19-,22-,23+/m0/s1. The van der Waals surface area contributed by atoms with Crippen LogP contribution in [-0.4, -0.2) is 70.5 Å². The number of aromatic hydroxyl groups is 1. The molecule has 9 nitrogen and oxygen atoms in total. The Kier molecular flexibility index (Phi) is 4.60. The molecule has 0 radical (unpaired) electrons. The molecule has 9 heteroatoms. The van der Waals surface area contributed by atoms with Crippen LogP contribution < -0.4 is 10.5 Å². The third kappa shape index (κ3) is 2.61. The lowest BCUT2D eigenvalue weighted by atomic mass is 9.50. The maximum absolute atomic E-state index is 12.7. The molecule has 0 saturated carbocycles. The number of aliphatic hydroxyl groups is 1. The van der Waals surface area contributed by atoms with E-state index in [-0.39, 0.29) is 24.0 Å². The molecule has 1 aromatic rings. The lowest BCUT2D eigenvalue weighted by molar-refractivity contribution is -0.175. The number of ether oxygens (including phenoxy) is 3. The van der Waals surface area contributed by atoms with Crippen LogP contribution in [0.5, 0.6) is 11.5 Å².